The number of halogens is 1. The van der Waals surface area contributed by atoms with Crippen molar-refractivity contribution in [2.24, 2.45) is 0 Å². The van der Waals surface area contributed by atoms with Crippen molar-refractivity contribution in [2.45, 2.75) is 11.3 Å². The number of rotatable bonds is 3. The van der Waals surface area contributed by atoms with Crippen molar-refractivity contribution in [1.29, 1.82) is 0 Å². The Bertz CT molecular complexity index is 658. The van der Waals surface area contributed by atoms with Gasteiger partial charge in [0.15, 0.2) is 4.34 Å². The van der Waals surface area contributed by atoms with Crippen LogP contribution in [0.25, 0.3) is 16.2 Å². The van der Waals surface area contributed by atoms with Crippen molar-refractivity contribution < 1.29 is 0 Å². The summed E-state index contributed by atoms with van der Waals surface area (Å²) >= 11 is 9.50. The van der Waals surface area contributed by atoms with Crippen LogP contribution >= 0.6 is 34.7 Å². The summed E-state index contributed by atoms with van der Waals surface area (Å²) in [6.45, 7) is 2.12. The predicted molar refractivity (Wildman–Crippen MR) is 77.7 cm³/mol. The fourth-order valence-electron chi connectivity index (χ4n) is 1.66. The van der Waals surface area contributed by atoms with E-state index >= 15 is 0 Å². The van der Waals surface area contributed by atoms with E-state index in [1.54, 1.807) is 23.1 Å². The van der Waals surface area contributed by atoms with E-state index in [0.29, 0.717) is 5.02 Å². The number of imidazole rings is 1. The molecular weight excluding hydrogens is 286 g/mol. The van der Waals surface area contributed by atoms with Gasteiger partial charge in [-0.15, -0.1) is 5.10 Å². The molecule has 6 heteroatoms. The molecule has 2 heterocycles. The van der Waals surface area contributed by atoms with Gasteiger partial charge in [0.05, 0.1) is 16.9 Å². The van der Waals surface area contributed by atoms with Gasteiger partial charge < -0.3 is 0 Å². The molecule has 0 saturated heterocycles. The largest absolute Gasteiger partial charge is 0.217 e. The predicted octanol–water partition coefficient (Wildman–Crippen LogP) is 4.22. The molecular formula is C12H10ClN3S2. The summed E-state index contributed by atoms with van der Waals surface area (Å²) in [5.74, 6) is 1.02. The van der Waals surface area contributed by atoms with Crippen LogP contribution < -0.4 is 0 Å². The lowest BCUT2D eigenvalue weighted by molar-refractivity contribution is 0.915. The Morgan fingerprint density at radius 3 is 2.94 bits per heavy atom. The van der Waals surface area contributed by atoms with Crippen LogP contribution in [0.3, 0.4) is 0 Å². The third-order valence-corrected chi connectivity index (χ3v) is 4.71. The van der Waals surface area contributed by atoms with Gasteiger partial charge in [0.2, 0.25) is 4.96 Å². The number of benzene rings is 1. The van der Waals surface area contributed by atoms with Crippen LogP contribution in [-0.4, -0.2) is 20.4 Å². The summed E-state index contributed by atoms with van der Waals surface area (Å²) in [6.07, 6.45) is 1.92. The third-order valence-electron chi connectivity index (χ3n) is 2.44. The smallest absolute Gasteiger partial charge is 0.213 e. The van der Waals surface area contributed by atoms with Gasteiger partial charge in [-0.25, -0.2) is 9.50 Å². The standard InChI is InChI=1S/C12H10ClN3S2/c1-2-17-12-15-16-7-10(14-11(16)18-12)8-5-3-4-6-9(8)13/h3-7H,2H2,1H3. The summed E-state index contributed by atoms with van der Waals surface area (Å²) in [5, 5.41) is 5.19. The van der Waals surface area contributed by atoms with E-state index in [2.05, 4.69) is 17.0 Å². The number of fused-ring (bicyclic) bond motifs is 1. The molecule has 0 radical (unpaired) electrons. The second kappa shape index (κ2) is 4.91. The van der Waals surface area contributed by atoms with Crippen LogP contribution in [0, 0.1) is 0 Å². The first kappa shape index (κ1) is 12.0. The molecule has 0 atom stereocenters. The number of nitrogens with zero attached hydrogens (tertiary/aromatic N) is 3. The van der Waals surface area contributed by atoms with Crippen molar-refractivity contribution in [3.63, 3.8) is 0 Å². The maximum atomic E-state index is 6.16. The number of hydrogen-bond acceptors (Lipinski definition) is 4. The molecule has 0 spiro atoms. The van der Waals surface area contributed by atoms with E-state index in [9.17, 15) is 0 Å². The monoisotopic (exact) mass is 295 g/mol. The lowest BCUT2D eigenvalue weighted by Crippen LogP contribution is -1.81. The van der Waals surface area contributed by atoms with Gasteiger partial charge in [-0.05, 0) is 11.8 Å². The average Bonchev–Trinajstić information content (AvgIpc) is 2.88. The third kappa shape index (κ3) is 2.13. The zero-order chi connectivity index (χ0) is 12.5. The molecule has 0 N–H and O–H groups in total. The molecule has 0 saturated carbocycles. The zero-order valence-electron chi connectivity index (χ0n) is 9.63. The topological polar surface area (TPSA) is 30.2 Å². The maximum absolute atomic E-state index is 6.16. The van der Waals surface area contributed by atoms with Crippen LogP contribution in [0.2, 0.25) is 5.02 Å². The molecule has 0 amide bonds. The quantitative estimate of drug-likeness (QED) is 0.678. The second-order valence-electron chi connectivity index (χ2n) is 3.63. The van der Waals surface area contributed by atoms with Gasteiger partial charge in [-0.3, -0.25) is 0 Å². The van der Waals surface area contributed by atoms with E-state index < -0.39 is 0 Å². The first-order chi connectivity index (χ1) is 8.78. The van der Waals surface area contributed by atoms with E-state index in [1.165, 1.54) is 0 Å². The molecule has 0 fully saturated rings. The summed E-state index contributed by atoms with van der Waals surface area (Å²) in [4.78, 5) is 5.47. The Kier molecular flexibility index (Phi) is 3.28. The highest BCUT2D eigenvalue weighted by Gasteiger charge is 2.11. The van der Waals surface area contributed by atoms with Crippen LogP contribution in [0.1, 0.15) is 6.92 Å². The van der Waals surface area contributed by atoms with E-state index in [4.69, 9.17) is 11.6 Å². The van der Waals surface area contributed by atoms with Gasteiger partial charge in [0, 0.05) is 5.56 Å². The number of hydrogen-bond donors (Lipinski definition) is 0. The van der Waals surface area contributed by atoms with Gasteiger partial charge in [-0.2, -0.15) is 0 Å². The summed E-state index contributed by atoms with van der Waals surface area (Å²) in [5.41, 5.74) is 1.81. The molecule has 0 aliphatic heterocycles. The maximum Gasteiger partial charge on any atom is 0.213 e. The fourth-order valence-corrected chi connectivity index (χ4v) is 3.72. The molecule has 0 aliphatic carbocycles. The summed E-state index contributed by atoms with van der Waals surface area (Å²) < 4.78 is 2.87. The summed E-state index contributed by atoms with van der Waals surface area (Å²) in [6, 6.07) is 7.71. The molecule has 2 aromatic heterocycles. The Morgan fingerprint density at radius 2 is 2.22 bits per heavy atom. The van der Waals surface area contributed by atoms with E-state index in [1.807, 2.05) is 35.0 Å². The van der Waals surface area contributed by atoms with Crippen molar-refractivity contribution in [3.05, 3.63) is 35.5 Å². The van der Waals surface area contributed by atoms with Gasteiger partial charge in [0.1, 0.15) is 0 Å². The minimum Gasteiger partial charge on any atom is -0.217 e. The Hall–Kier alpha value is -1.04. The minimum atomic E-state index is 0.714. The first-order valence-electron chi connectivity index (χ1n) is 5.52. The Labute approximate surface area is 118 Å². The highest BCUT2D eigenvalue weighted by Crippen LogP contribution is 2.30. The van der Waals surface area contributed by atoms with Gasteiger partial charge >= 0.3 is 0 Å². The first-order valence-corrected chi connectivity index (χ1v) is 7.70. The Balaban J connectivity index is 2.04. The lowest BCUT2D eigenvalue weighted by Gasteiger charge is -1.98. The van der Waals surface area contributed by atoms with Crippen molar-refractivity contribution >= 4 is 39.7 Å². The van der Waals surface area contributed by atoms with Gasteiger partial charge in [-0.1, -0.05) is 59.8 Å². The molecule has 0 unspecified atom stereocenters. The number of thioether (sulfide) groups is 1. The van der Waals surface area contributed by atoms with Crippen molar-refractivity contribution in [2.75, 3.05) is 5.75 Å². The highest BCUT2D eigenvalue weighted by molar-refractivity contribution is 8.01. The highest BCUT2D eigenvalue weighted by atomic mass is 35.5. The van der Waals surface area contributed by atoms with E-state index in [0.717, 1.165) is 26.3 Å². The van der Waals surface area contributed by atoms with Crippen LogP contribution in [0.5, 0.6) is 0 Å². The molecule has 3 aromatic rings. The Morgan fingerprint density at radius 1 is 1.39 bits per heavy atom. The normalized spacial score (nSPS) is 11.2. The molecule has 92 valence electrons. The van der Waals surface area contributed by atoms with Gasteiger partial charge in [0.25, 0.3) is 0 Å². The minimum absolute atomic E-state index is 0.714. The fraction of sp³-hybridized carbons (Fsp3) is 0.167. The van der Waals surface area contributed by atoms with Crippen molar-refractivity contribution in [3.8, 4) is 11.3 Å². The molecule has 3 rings (SSSR count). The lowest BCUT2D eigenvalue weighted by atomic mass is 10.2. The molecule has 0 aliphatic rings. The van der Waals surface area contributed by atoms with Crippen LogP contribution in [-0.2, 0) is 0 Å². The van der Waals surface area contributed by atoms with Crippen LogP contribution in [0.15, 0.2) is 34.8 Å². The van der Waals surface area contributed by atoms with Crippen LogP contribution in [0.4, 0.5) is 0 Å². The SMILES string of the molecule is CCSc1nn2cc(-c3ccccc3Cl)nc2s1. The molecule has 1 aromatic carbocycles. The second-order valence-corrected chi connectivity index (χ2v) is 6.51. The molecule has 0 bridgehead atoms. The molecule has 18 heavy (non-hydrogen) atoms. The summed E-state index contributed by atoms with van der Waals surface area (Å²) in [7, 11) is 0. The average molecular weight is 296 g/mol. The van der Waals surface area contributed by atoms with E-state index in [-0.39, 0.29) is 0 Å². The molecule has 3 nitrogen and oxygen atoms in total. The van der Waals surface area contributed by atoms with Crippen molar-refractivity contribution in [1.82, 2.24) is 14.6 Å². The number of aromatic nitrogens is 3. The zero-order valence-corrected chi connectivity index (χ0v) is 12.0.